The molecule has 136 valence electrons. The lowest BCUT2D eigenvalue weighted by Gasteiger charge is -2.09. The number of furan rings is 1. The van der Waals surface area contributed by atoms with Gasteiger partial charge >= 0.3 is 0 Å². The fourth-order valence-electron chi connectivity index (χ4n) is 2.65. The summed E-state index contributed by atoms with van der Waals surface area (Å²) >= 11 is 2.97. The molecule has 0 fully saturated rings. The number of carbonyl (C=O) groups excluding carboxylic acids is 1. The van der Waals surface area contributed by atoms with Crippen molar-refractivity contribution in [3.63, 3.8) is 0 Å². The van der Waals surface area contributed by atoms with Crippen LogP contribution in [-0.2, 0) is 0 Å². The van der Waals surface area contributed by atoms with E-state index in [-0.39, 0.29) is 5.91 Å². The Hall–Kier alpha value is -2.84. The van der Waals surface area contributed by atoms with E-state index in [2.05, 4.69) is 15.4 Å². The van der Waals surface area contributed by atoms with Gasteiger partial charge in [-0.2, -0.15) is 9.78 Å². The minimum absolute atomic E-state index is 0.177. The Morgan fingerprint density at radius 1 is 1.26 bits per heavy atom. The van der Waals surface area contributed by atoms with Crippen molar-refractivity contribution in [2.24, 2.45) is 0 Å². The number of anilines is 1. The molecule has 1 aromatic carbocycles. The van der Waals surface area contributed by atoms with Crippen molar-refractivity contribution in [3.8, 4) is 16.6 Å². The third kappa shape index (κ3) is 3.54. The summed E-state index contributed by atoms with van der Waals surface area (Å²) in [5, 5.41) is 9.99. The smallest absolute Gasteiger partial charge is 0.257 e. The molecule has 4 rings (SSSR count). The molecule has 0 radical (unpaired) electrons. The van der Waals surface area contributed by atoms with E-state index in [1.165, 1.54) is 23.1 Å². The van der Waals surface area contributed by atoms with E-state index in [1.807, 2.05) is 61.0 Å². The molecule has 0 bridgehead atoms. The maximum Gasteiger partial charge on any atom is 0.257 e. The van der Waals surface area contributed by atoms with Crippen molar-refractivity contribution < 1.29 is 9.21 Å². The Morgan fingerprint density at radius 2 is 2.11 bits per heavy atom. The molecule has 0 unspecified atom stereocenters. The number of thioether (sulfide) groups is 1. The molecule has 1 N–H and O–H groups in total. The molecule has 3 aromatic heterocycles. The van der Waals surface area contributed by atoms with Gasteiger partial charge in [0.15, 0.2) is 5.76 Å². The molecule has 6 nitrogen and oxygen atoms in total. The van der Waals surface area contributed by atoms with Gasteiger partial charge in [-0.1, -0.05) is 12.1 Å². The van der Waals surface area contributed by atoms with Gasteiger partial charge in [-0.25, -0.2) is 4.98 Å². The Balaban J connectivity index is 1.65. The molecule has 3 heterocycles. The highest BCUT2D eigenvalue weighted by Gasteiger charge is 2.17. The first-order chi connectivity index (χ1) is 13.2. The van der Waals surface area contributed by atoms with Crippen molar-refractivity contribution in [3.05, 3.63) is 65.4 Å². The van der Waals surface area contributed by atoms with Gasteiger partial charge < -0.3 is 9.73 Å². The first kappa shape index (κ1) is 17.6. The van der Waals surface area contributed by atoms with Gasteiger partial charge in [0, 0.05) is 16.3 Å². The molecule has 0 spiro atoms. The number of nitrogens with zero attached hydrogens (tertiary/aromatic N) is 3. The van der Waals surface area contributed by atoms with Gasteiger partial charge in [0.1, 0.15) is 11.5 Å². The second kappa shape index (κ2) is 7.42. The molecular weight excluding hydrogens is 380 g/mol. The first-order valence-electron chi connectivity index (χ1n) is 8.16. The lowest BCUT2D eigenvalue weighted by atomic mass is 10.2. The molecule has 4 aromatic rings. The van der Waals surface area contributed by atoms with Crippen LogP contribution < -0.4 is 5.32 Å². The molecule has 8 heteroatoms. The SMILES string of the molecule is CSc1ccccc1C(=O)Nc1cc(C)nn1-c1nc(-c2ccco2)cs1. The van der Waals surface area contributed by atoms with Crippen LogP contribution in [-0.4, -0.2) is 26.9 Å². The number of carbonyl (C=O) groups is 1. The third-order valence-electron chi connectivity index (χ3n) is 3.87. The van der Waals surface area contributed by atoms with Crippen molar-refractivity contribution in [1.29, 1.82) is 0 Å². The van der Waals surface area contributed by atoms with E-state index in [1.54, 1.807) is 10.9 Å². The molecule has 0 aliphatic heterocycles. The Kier molecular flexibility index (Phi) is 4.83. The highest BCUT2D eigenvalue weighted by atomic mass is 32.2. The average molecular weight is 396 g/mol. The summed E-state index contributed by atoms with van der Waals surface area (Å²) in [5.41, 5.74) is 2.15. The molecule has 0 atom stereocenters. The van der Waals surface area contributed by atoms with E-state index in [9.17, 15) is 4.79 Å². The Bertz CT molecular complexity index is 1080. The summed E-state index contributed by atoms with van der Waals surface area (Å²) in [6.45, 7) is 1.88. The number of rotatable bonds is 5. The number of aryl methyl sites for hydroxylation is 1. The maximum atomic E-state index is 12.8. The molecule has 1 amide bonds. The van der Waals surface area contributed by atoms with Crippen LogP contribution in [0.4, 0.5) is 5.82 Å². The molecular formula is C19H16N4O2S2. The fourth-order valence-corrected chi connectivity index (χ4v) is 4.02. The van der Waals surface area contributed by atoms with Crippen molar-refractivity contribution >= 4 is 34.8 Å². The monoisotopic (exact) mass is 396 g/mol. The zero-order valence-electron chi connectivity index (χ0n) is 14.7. The summed E-state index contributed by atoms with van der Waals surface area (Å²) in [6.07, 6.45) is 3.56. The van der Waals surface area contributed by atoms with E-state index in [4.69, 9.17) is 4.42 Å². The van der Waals surface area contributed by atoms with Crippen LogP contribution in [0.25, 0.3) is 16.6 Å². The van der Waals surface area contributed by atoms with Crippen LogP contribution in [0, 0.1) is 6.92 Å². The predicted octanol–water partition coefficient (Wildman–Crippen LogP) is 4.87. The quantitative estimate of drug-likeness (QED) is 0.487. The summed E-state index contributed by atoms with van der Waals surface area (Å²) in [4.78, 5) is 18.3. The normalized spacial score (nSPS) is 10.9. The van der Waals surface area contributed by atoms with Crippen LogP contribution in [0.15, 0.2) is 63.4 Å². The number of benzene rings is 1. The Labute approximate surface area is 164 Å². The molecule has 0 saturated heterocycles. The van der Waals surface area contributed by atoms with E-state index in [0.717, 1.165) is 16.3 Å². The second-order valence-electron chi connectivity index (χ2n) is 5.73. The lowest BCUT2D eigenvalue weighted by Crippen LogP contribution is -2.15. The van der Waals surface area contributed by atoms with E-state index >= 15 is 0 Å². The Morgan fingerprint density at radius 3 is 2.89 bits per heavy atom. The minimum atomic E-state index is -0.177. The van der Waals surface area contributed by atoms with Crippen molar-refractivity contribution in [1.82, 2.24) is 14.8 Å². The van der Waals surface area contributed by atoms with Crippen LogP contribution in [0.5, 0.6) is 0 Å². The first-order valence-corrected chi connectivity index (χ1v) is 10.3. The third-order valence-corrected chi connectivity index (χ3v) is 5.48. The molecule has 27 heavy (non-hydrogen) atoms. The topological polar surface area (TPSA) is 73.0 Å². The van der Waals surface area contributed by atoms with E-state index < -0.39 is 0 Å². The number of aromatic nitrogens is 3. The van der Waals surface area contributed by atoms with E-state index in [0.29, 0.717) is 22.3 Å². The van der Waals surface area contributed by atoms with Crippen molar-refractivity contribution in [2.45, 2.75) is 11.8 Å². The molecule has 0 aliphatic carbocycles. The lowest BCUT2D eigenvalue weighted by molar-refractivity contribution is 0.102. The zero-order chi connectivity index (χ0) is 18.8. The van der Waals surface area contributed by atoms with Gasteiger partial charge in [0.2, 0.25) is 5.13 Å². The summed E-state index contributed by atoms with van der Waals surface area (Å²) < 4.78 is 7.04. The van der Waals surface area contributed by atoms with Crippen LogP contribution in [0.2, 0.25) is 0 Å². The number of amides is 1. The fraction of sp³-hybridized carbons (Fsp3) is 0.105. The largest absolute Gasteiger partial charge is 0.463 e. The van der Waals surface area contributed by atoms with Gasteiger partial charge in [0.05, 0.1) is 17.5 Å². The number of hydrogen-bond acceptors (Lipinski definition) is 6. The number of nitrogens with one attached hydrogen (secondary N) is 1. The number of hydrogen-bond donors (Lipinski definition) is 1. The van der Waals surface area contributed by atoms with Crippen LogP contribution >= 0.6 is 23.1 Å². The summed E-state index contributed by atoms with van der Waals surface area (Å²) in [5.74, 6) is 1.10. The van der Waals surface area contributed by atoms with Gasteiger partial charge in [-0.05, 0) is 37.4 Å². The molecule has 0 saturated carbocycles. The number of thiazole rings is 1. The maximum absolute atomic E-state index is 12.8. The standard InChI is InChI=1S/C19H16N4O2S2/c1-12-10-17(21-18(24)13-6-3-4-8-16(13)26-2)23(22-12)19-20-14(11-27-19)15-7-5-9-25-15/h3-11H,1-2H3,(H,21,24). The predicted molar refractivity (Wildman–Crippen MR) is 108 cm³/mol. The van der Waals surface area contributed by atoms with Gasteiger partial charge in [-0.3, -0.25) is 4.79 Å². The molecule has 0 aliphatic rings. The minimum Gasteiger partial charge on any atom is -0.463 e. The highest BCUT2D eigenvalue weighted by Crippen LogP contribution is 2.27. The van der Waals surface area contributed by atoms with Crippen LogP contribution in [0.1, 0.15) is 16.1 Å². The van der Waals surface area contributed by atoms with Gasteiger partial charge in [0.25, 0.3) is 5.91 Å². The highest BCUT2D eigenvalue weighted by molar-refractivity contribution is 7.98. The van der Waals surface area contributed by atoms with Crippen molar-refractivity contribution in [2.75, 3.05) is 11.6 Å². The summed E-state index contributed by atoms with van der Waals surface area (Å²) in [6, 6.07) is 13.0. The summed E-state index contributed by atoms with van der Waals surface area (Å²) in [7, 11) is 0. The average Bonchev–Trinajstić information content (AvgIpc) is 3.42. The second-order valence-corrected chi connectivity index (χ2v) is 7.41. The van der Waals surface area contributed by atoms with Crippen LogP contribution in [0.3, 0.4) is 0 Å². The zero-order valence-corrected chi connectivity index (χ0v) is 16.3. The van der Waals surface area contributed by atoms with Gasteiger partial charge in [-0.15, -0.1) is 23.1 Å².